The van der Waals surface area contributed by atoms with Crippen LogP contribution < -0.4 is 10.2 Å². The molecule has 1 atom stereocenters. The molecule has 1 N–H and O–H groups in total. The Morgan fingerprint density at radius 2 is 1.88 bits per heavy atom. The maximum atomic E-state index is 6.36. The molecule has 1 spiro atoms. The molecule has 0 amide bonds. The molecule has 2 aliphatic carbocycles. The summed E-state index contributed by atoms with van der Waals surface area (Å²) in [5, 5.41) is 3.82. The van der Waals surface area contributed by atoms with Crippen molar-refractivity contribution in [1.82, 2.24) is 15.3 Å². The van der Waals surface area contributed by atoms with Gasteiger partial charge in [-0.05, 0) is 61.3 Å². The zero-order chi connectivity index (χ0) is 17.6. The topological polar surface area (TPSA) is 41.1 Å². The molecule has 2 aromatic rings. The van der Waals surface area contributed by atoms with Gasteiger partial charge in [-0.1, -0.05) is 24.3 Å². The van der Waals surface area contributed by atoms with Gasteiger partial charge in [0.05, 0.1) is 5.69 Å². The number of rotatable bonds is 1. The van der Waals surface area contributed by atoms with Gasteiger partial charge < -0.3 is 10.2 Å². The molecule has 1 unspecified atom stereocenters. The second-order valence-corrected chi connectivity index (χ2v) is 8.28. The summed E-state index contributed by atoms with van der Waals surface area (Å²) in [5.41, 5.74) is 5.84. The van der Waals surface area contributed by atoms with Crippen molar-refractivity contribution in [2.45, 2.75) is 43.9 Å². The molecule has 1 aromatic heterocycles. The highest BCUT2D eigenvalue weighted by molar-refractivity contribution is 6.28. The van der Waals surface area contributed by atoms with Gasteiger partial charge in [0.2, 0.25) is 5.28 Å². The average Bonchev–Trinajstić information content (AvgIpc) is 2.68. The highest BCUT2D eigenvalue weighted by Crippen LogP contribution is 2.47. The van der Waals surface area contributed by atoms with E-state index in [1.807, 2.05) is 0 Å². The van der Waals surface area contributed by atoms with E-state index in [1.165, 1.54) is 42.5 Å². The van der Waals surface area contributed by atoms with Crippen LogP contribution in [-0.4, -0.2) is 36.1 Å². The Balaban J connectivity index is 1.55. The lowest BCUT2D eigenvalue weighted by molar-refractivity contribution is 0.312. The van der Waals surface area contributed by atoms with Crippen molar-refractivity contribution in [2.75, 3.05) is 31.1 Å². The number of benzene rings is 1. The predicted molar refractivity (Wildman–Crippen MR) is 105 cm³/mol. The van der Waals surface area contributed by atoms with Crippen LogP contribution in [0.4, 0.5) is 5.82 Å². The van der Waals surface area contributed by atoms with Gasteiger partial charge in [0.25, 0.3) is 0 Å². The van der Waals surface area contributed by atoms with E-state index >= 15 is 0 Å². The second-order valence-electron chi connectivity index (χ2n) is 7.95. The Morgan fingerprint density at radius 1 is 1.04 bits per heavy atom. The van der Waals surface area contributed by atoms with E-state index in [0.717, 1.165) is 44.8 Å². The van der Waals surface area contributed by atoms with Crippen molar-refractivity contribution in [3.05, 3.63) is 51.9 Å². The number of aryl methyl sites for hydroxylation is 1. The minimum absolute atomic E-state index is 0.236. The number of hydrogen-bond donors (Lipinski definition) is 1. The summed E-state index contributed by atoms with van der Waals surface area (Å²) in [5.74, 6) is 1.08. The molecule has 1 aliphatic heterocycles. The molecule has 0 bridgehead atoms. The van der Waals surface area contributed by atoms with Crippen molar-refractivity contribution in [3.8, 4) is 0 Å². The molecule has 1 fully saturated rings. The third-order valence-corrected chi connectivity index (χ3v) is 6.68. The zero-order valence-corrected chi connectivity index (χ0v) is 15.9. The Labute approximate surface area is 160 Å². The fourth-order valence-electron chi connectivity index (χ4n) is 5.25. The lowest BCUT2D eigenvalue weighted by atomic mass is 9.62. The summed E-state index contributed by atoms with van der Waals surface area (Å²) >= 11 is 6.36. The molecule has 0 saturated carbocycles. The molecule has 3 aliphatic rings. The smallest absolute Gasteiger partial charge is 0.224 e. The zero-order valence-electron chi connectivity index (χ0n) is 15.1. The van der Waals surface area contributed by atoms with Crippen LogP contribution in [0.5, 0.6) is 0 Å². The van der Waals surface area contributed by atoms with Crippen LogP contribution in [0.3, 0.4) is 0 Å². The highest BCUT2D eigenvalue weighted by Gasteiger charge is 2.41. The lowest BCUT2D eigenvalue weighted by Crippen LogP contribution is -2.45. The number of fused-ring (bicyclic) bond motifs is 3. The summed E-state index contributed by atoms with van der Waals surface area (Å²) in [6.45, 7) is 4.00. The first-order valence-electron chi connectivity index (χ1n) is 9.85. The van der Waals surface area contributed by atoms with Crippen LogP contribution in [-0.2, 0) is 24.7 Å². The molecular formula is C21H25ClN4. The van der Waals surface area contributed by atoms with Crippen molar-refractivity contribution in [1.29, 1.82) is 0 Å². The molecular weight excluding hydrogens is 344 g/mol. The summed E-state index contributed by atoms with van der Waals surface area (Å²) in [6, 6.07) is 9.03. The minimum atomic E-state index is 0.236. The van der Waals surface area contributed by atoms with Crippen molar-refractivity contribution >= 4 is 17.4 Å². The van der Waals surface area contributed by atoms with Crippen molar-refractivity contribution in [3.63, 3.8) is 0 Å². The molecule has 0 radical (unpaired) electrons. The number of halogens is 1. The van der Waals surface area contributed by atoms with Crippen LogP contribution in [0.25, 0.3) is 0 Å². The molecule has 4 nitrogen and oxygen atoms in total. The highest BCUT2D eigenvalue weighted by atomic mass is 35.5. The van der Waals surface area contributed by atoms with E-state index in [2.05, 4.69) is 39.5 Å². The van der Waals surface area contributed by atoms with Crippen LogP contribution >= 0.6 is 11.6 Å². The first kappa shape index (κ1) is 16.5. The van der Waals surface area contributed by atoms with Gasteiger partial charge in [0.15, 0.2) is 0 Å². The van der Waals surface area contributed by atoms with E-state index in [4.69, 9.17) is 16.6 Å². The van der Waals surface area contributed by atoms with E-state index in [1.54, 1.807) is 5.56 Å². The first-order valence-corrected chi connectivity index (χ1v) is 10.2. The predicted octanol–water partition coefficient (Wildman–Crippen LogP) is 3.30. The van der Waals surface area contributed by atoms with Gasteiger partial charge in [0, 0.05) is 37.2 Å². The largest absolute Gasteiger partial charge is 0.354 e. The summed E-state index contributed by atoms with van der Waals surface area (Å²) < 4.78 is 0. The number of nitrogens with one attached hydrogen (secondary N) is 1. The molecule has 5 heteroatoms. The number of anilines is 1. The van der Waals surface area contributed by atoms with E-state index in [-0.39, 0.29) is 5.41 Å². The Hall–Kier alpha value is -1.65. The van der Waals surface area contributed by atoms with Gasteiger partial charge in [-0.3, -0.25) is 0 Å². The normalized spacial score (nSPS) is 25.0. The lowest BCUT2D eigenvalue weighted by Gasteiger charge is -2.43. The number of nitrogens with zero attached hydrogens (tertiary/aromatic N) is 3. The van der Waals surface area contributed by atoms with Crippen molar-refractivity contribution < 1.29 is 0 Å². The minimum Gasteiger partial charge on any atom is -0.354 e. The Kier molecular flexibility index (Phi) is 4.13. The van der Waals surface area contributed by atoms with Crippen LogP contribution in [0, 0.1) is 0 Å². The van der Waals surface area contributed by atoms with Crippen LogP contribution in [0.1, 0.15) is 41.6 Å². The molecule has 26 heavy (non-hydrogen) atoms. The fraction of sp³-hybridized carbons (Fsp3) is 0.524. The molecule has 1 aromatic carbocycles. The fourth-order valence-corrected chi connectivity index (χ4v) is 5.43. The maximum Gasteiger partial charge on any atom is 0.224 e. The first-order chi connectivity index (χ1) is 12.8. The number of hydrogen-bond acceptors (Lipinski definition) is 4. The van der Waals surface area contributed by atoms with Crippen LogP contribution in [0.2, 0.25) is 5.28 Å². The quantitative estimate of drug-likeness (QED) is 0.784. The maximum absolute atomic E-state index is 6.36. The number of piperazine rings is 1. The van der Waals surface area contributed by atoms with Gasteiger partial charge >= 0.3 is 0 Å². The van der Waals surface area contributed by atoms with Gasteiger partial charge in [-0.2, -0.15) is 0 Å². The van der Waals surface area contributed by atoms with Gasteiger partial charge in [-0.15, -0.1) is 0 Å². The monoisotopic (exact) mass is 368 g/mol. The standard InChI is InChI=1S/C21H25ClN4/c22-20-24-18-14-21(8-3-5-15-4-1-2-6-17(15)21)9-7-16(18)19(25-20)26-12-10-23-11-13-26/h1-2,4,6,23H,3,5,7-14H2. The van der Waals surface area contributed by atoms with E-state index in [0.29, 0.717) is 5.28 Å². The molecule has 2 heterocycles. The van der Waals surface area contributed by atoms with E-state index < -0.39 is 0 Å². The Morgan fingerprint density at radius 3 is 2.77 bits per heavy atom. The summed E-state index contributed by atoms with van der Waals surface area (Å²) in [6.07, 6.45) is 6.99. The molecule has 136 valence electrons. The average molecular weight is 369 g/mol. The number of aromatic nitrogens is 2. The molecule has 1 saturated heterocycles. The third kappa shape index (κ3) is 2.71. The van der Waals surface area contributed by atoms with E-state index in [9.17, 15) is 0 Å². The summed E-state index contributed by atoms with van der Waals surface area (Å²) in [7, 11) is 0. The van der Waals surface area contributed by atoms with Crippen molar-refractivity contribution in [2.24, 2.45) is 0 Å². The summed E-state index contributed by atoms with van der Waals surface area (Å²) in [4.78, 5) is 11.7. The van der Waals surface area contributed by atoms with Crippen LogP contribution in [0.15, 0.2) is 24.3 Å². The SMILES string of the molecule is Clc1nc2c(c(N3CCNCC3)n1)CCC1(CCCc3ccccc31)C2. The third-order valence-electron chi connectivity index (χ3n) is 6.51. The van der Waals surface area contributed by atoms with Gasteiger partial charge in [0.1, 0.15) is 5.82 Å². The second kappa shape index (κ2) is 6.50. The van der Waals surface area contributed by atoms with Gasteiger partial charge in [-0.25, -0.2) is 9.97 Å². The molecule has 5 rings (SSSR count). The Bertz CT molecular complexity index is 831.